The smallest absolute Gasteiger partial charge is 0.175 e. The van der Waals surface area contributed by atoms with Crippen LogP contribution >= 0.6 is 12.2 Å². The van der Waals surface area contributed by atoms with Crippen LogP contribution in [0.3, 0.4) is 0 Å². The first kappa shape index (κ1) is 17.8. The number of nitrogens with one attached hydrogen (secondary N) is 3. The SMILES string of the molecule is COc1ccc(Nc2ccc(NC(=S)Nc3ccccc3C)cc2)cc1. The maximum atomic E-state index is 5.39. The lowest BCUT2D eigenvalue weighted by Gasteiger charge is -2.13. The van der Waals surface area contributed by atoms with Crippen LogP contribution in [-0.2, 0) is 0 Å². The summed E-state index contributed by atoms with van der Waals surface area (Å²) in [6.45, 7) is 2.05. The third kappa shape index (κ3) is 4.74. The molecule has 0 unspecified atom stereocenters. The van der Waals surface area contributed by atoms with Crippen molar-refractivity contribution in [1.29, 1.82) is 0 Å². The Hall–Kier alpha value is -3.05. The van der Waals surface area contributed by atoms with E-state index in [-0.39, 0.29) is 0 Å². The van der Waals surface area contributed by atoms with Crippen molar-refractivity contribution in [2.45, 2.75) is 6.92 Å². The fraction of sp³-hybridized carbons (Fsp3) is 0.0952. The fourth-order valence-corrected chi connectivity index (χ4v) is 2.70. The number of rotatable bonds is 5. The zero-order valence-corrected chi connectivity index (χ0v) is 15.6. The Morgan fingerprint density at radius 2 is 1.35 bits per heavy atom. The second-order valence-corrected chi connectivity index (χ2v) is 6.23. The van der Waals surface area contributed by atoms with Gasteiger partial charge in [0.05, 0.1) is 7.11 Å². The summed E-state index contributed by atoms with van der Waals surface area (Å²) in [6.07, 6.45) is 0. The molecule has 0 aliphatic rings. The third-order valence-electron chi connectivity index (χ3n) is 3.91. The Kier molecular flexibility index (Phi) is 5.71. The van der Waals surface area contributed by atoms with E-state index in [0.717, 1.165) is 34.1 Å². The molecule has 0 saturated heterocycles. The number of benzene rings is 3. The van der Waals surface area contributed by atoms with Gasteiger partial charge >= 0.3 is 0 Å². The van der Waals surface area contributed by atoms with Gasteiger partial charge in [-0.2, -0.15) is 0 Å². The average molecular weight is 363 g/mol. The maximum Gasteiger partial charge on any atom is 0.175 e. The number of thiocarbonyl (C=S) groups is 1. The minimum atomic E-state index is 0.565. The van der Waals surface area contributed by atoms with Gasteiger partial charge in [-0.25, -0.2) is 0 Å². The Bertz CT molecular complexity index is 877. The molecule has 3 rings (SSSR count). The van der Waals surface area contributed by atoms with Gasteiger partial charge < -0.3 is 20.7 Å². The highest BCUT2D eigenvalue weighted by Crippen LogP contribution is 2.21. The Morgan fingerprint density at radius 3 is 1.96 bits per heavy atom. The molecule has 3 N–H and O–H groups in total. The van der Waals surface area contributed by atoms with Crippen molar-refractivity contribution >= 4 is 40.1 Å². The first-order valence-electron chi connectivity index (χ1n) is 8.29. The summed E-state index contributed by atoms with van der Waals surface area (Å²) >= 11 is 5.39. The van der Waals surface area contributed by atoms with Crippen LogP contribution in [0, 0.1) is 6.92 Å². The minimum Gasteiger partial charge on any atom is -0.497 e. The van der Waals surface area contributed by atoms with Gasteiger partial charge in [0.15, 0.2) is 5.11 Å². The molecule has 3 aromatic carbocycles. The number of ether oxygens (including phenoxy) is 1. The summed E-state index contributed by atoms with van der Waals surface area (Å²) in [5, 5.41) is 10.3. The third-order valence-corrected chi connectivity index (χ3v) is 4.12. The zero-order valence-electron chi connectivity index (χ0n) is 14.7. The molecule has 0 saturated carbocycles. The molecule has 132 valence electrons. The van der Waals surface area contributed by atoms with E-state index in [1.165, 1.54) is 0 Å². The molecule has 0 heterocycles. The fourth-order valence-electron chi connectivity index (χ4n) is 2.48. The molecular weight excluding hydrogens is 342 g/mol. The Labute approximate surface area is 159 Å². The molecule has 5 heteroatoms. The van der Waals surface area contributed by atoms with Gasteiger partial charge in [-0.1, -0.05) is 18.2 Å². The second-order valence-electron chi connectivity index (χ2n) is 5.82. The van der Waals surface area contributed by atoms with Gasteiger partial charge in [0, 0.05) is 22.7 Å². The summed E-state index contributed by atoms with van der Waals surface area (Å²) in [4.78, 5) is 0. The highest BCUT2D eigenvalue weighted by molar-refractivity contribution is 7.80. The van der Waals surface area contributed by atoms with Crippen molar-refractivity contribution in [3.63, 3.8) is 0 Å². The number of hydrogen-bond acceptors (Lipinski definition) is 3. The predicted molar refractivity (Wildman–Crippen MR) is 114 cm³/mol. The van der Waals surface area contributed by atoms with Crippen molar-refractivity contribution in [3.8, 4) is 5.75 Å². The normalized spacial score (nSPS) is 10.1. The molecule has 0 radical (unpaired) electrons. The average Bonchev–Trinajstić information content (AvgIpc) is 2.66. The Morgan fingerprint density at radius 1 is 0.769 bits per heavy atom. The van der Waals surface area contributed by atoms with E-state index in [1.54, 1.807) is 7.11 Å². The maximum absolute atomic E-state index is 5.39. The van der Waals surface area contributed by atoms with Crippen LogP contribution < -0.4 is 20.7 Å². The molecular formula is C21H21N3OS. The summed E-state index contributed by atoms with van der Waals surface area (Å²) in [5.41, 5.74) is 5.08. The lowest BCUT2D eigenvalue weighted by atomic mass is 10.2. The number of hydrogen-bond donors (Lipinski definition) is 3. The molecule has 0 bridgehead atoms. The first-order valence-corrected chi connectivity index (χ1v) is 8.69. The number of aryl methyl sites for hydroxylation is 1. The molecule has 0 spiro atoms. The van der Waals surface area contributed by atoms with Crippen molar-refractivity contribution in [3.05, 3.63) is 78.4 Å². The van der Waals surface area contributed by atoms with Gasteiger partial charge in [0.2, 0.25) is 0 Å². The molecule has 26 heavy (non-hydrogen) atoms. The van der Waals surface area contributed by atoms with Crippen LogP contribution in [0.1, 0.15) is 5.56 Å². The highest BCUT2D eigenvalue weighted by Gasteiger charge is 2.02. The first-order chi connectivity index (χ1) is 12.6. The summed E-state index contributed by atoms with van der Waals surface area (Å²) in [7, 11) is 1.66. The molecule has 0 atom stereocenters. The number of methoxy groups -OCH3 is 1. The quantitative estimate of drug-likeness (QED) is 0.518. The highest BCUT2D eigenvalue weighted by atomic mass is 32.1. The van der Waals surface area contributed by atoms with E-state index in [1.807, 2.05) is 79.7 Å². The molecule has 0 amide bonds. The lowest BCUT2D eigenvalue weighted by Crippen LogP contribution is -2.19. The van der Waals surface area contributed by atoms with E-state index in [0.29, 0.717) is 5.11 Å². The van der Waals surface area contributed by atoms with E-state index >= 15 is 0 Å². The van der Waals surface area contributed by atoms with Crippen LogP contribution in [0.5, 0.6) is 5.75 Å². The largest absolute Gasteiger partial charge is 0.497 e. The zero-order chi connectivity index (χ0) is 18.4. The molecule has 3 aromatic rings. The van der Waals surface area contributed by atoms with E-state index in [2.05, 4.69) is 16.0 Å². The summed E-state index contributed by atoms with van der Waals surface area (Å²) < 4.78 is 5.17. The van der Waals surface area contributed by atoms with Gasteiger partial charge in [-0.15, -0.1) is 0 Å². The summed E-state index contributed by atoms with van der Waals surface area (Å²) in [6, 6.07) is 23.8. The van der Waals surface area contributed by atoms with Crippen molar-refractivity contribution < 1.29 is 4.74 Å². The van der Waals surface area contributed by atoms with Crippen molar-refractivity contribution in [2.75, 3.05) is 23.1 Å². The van der Waals surface area contributed by atoms with E-state index in [9.17, 15) is 0 Å². The monoisotopic (exact) mass is 363 g/mol. The van der Waals surface area contributed by atoms with Crippen LogP contribution in [0.4, 0.5) is 22.7 Å². The number of anilines is 4. The van der Waals surface area contributed by atoms with E-state index in [4.69, 9.17) is 17.0 Å². The van der Waals surface area contributed by atoms with E-state index < -0.39 is 0 Å². The van der Waals surface area contributed by atoms with Crippen molar-refractivity contribution in [1.82, 2.24) is 0 Å². The predicted octanol–water partition coefficient (Wildman–Crippen LogP) is 5.56. The van der Waals surface area contributed by atoms with Gasteiger partial charge in [0.1, 0.15) is 5.75 Å². The topological polar surface area (TPSA) is 45.3 Å². The summed E-state index contributed by atoms with van der Waals surface area (Å²) in [5.74, 6) is 0.838. The van der Waals surface area contributed by atoms with Gasteiger partial charge in [-0.3, -0.25) is 0 Å². The van der Waals surface area contributed by atoms with Crippen LogP contribution in [0.25, 0.3) is 0 Å². The second kappa shape index (κ2) is 8.36. The van der Waals surface area contributed by atoms with Crippen LogP contribution in [-0.4, -0.2) is 12.2 Å². The molecule has 0 aliphatic heterocycles. The van der Waals surface area contributed by atoms with Gasteiger partial charge in [-0.05, 0) is 79.3 Å². The van der Waals surface area contributed by atoms with Crippen molar-refractivity contribution in [2.24, 2.45) is 0 Å². The molecule has 0 fully saturated rings. The van der Waals surface area contributed by atoms with Crippen LogP contribution in [0.15, 0.2) is 72.8 Å². The molecule has 0 aliphatic carbocycles. The standard InChI is InChI=1S/C21H21N3OS/c1-15-5-3-4-6-20(15)24-21(26)23-18-9-7-16(8-10-18)22-17-11-13-19(25-2)14-12-17/h3-14,22H,1-2H3,(H2,23,24,26). The lowest BCUT2D eigenvalue weighted by molar-refractivity contribution is 0.415. The molecule has 4 nitrogen and oxygen atoms in total. The minimum absolute atomic E-state index is 0.565. The Balaban J connectivity index is 1.58. The number of para-hydroxylation sites is 1. The molecule has 0 aromatic heterocycles. The van der Waals surface area contributed by atoms with Crippen LogP contribution in [0.2, 0.25) is 0 Å². The van der Waals surface area contributed by atoms with Gasteiger partial charge in [0.25, 0.3) is 0 Å².